The molecule has 2 heterocycles. The van der Waals surface area contributed by atoms with Crippen LogP contribution in [-0.2, 0) is 9.47 Å². The van der Waals surface area contributed by atoms with E-state index >= 15 is 0 Å². The van der Waals surface area contributed by atoms with E-state index < -0.39 is 0 Å². The maximum atomic E-state index is 8.96. The molecule has 5 heteroatoms. The molecule has 2 fully saturated rings. The van der Waals surface area contributed by atoms with Crippen molar-refractivity contribution in [1.82, 2.24) is 0 Å². The van der Waals surface area contributed by atoms with Crippen LogP contribution in [0, 0.1) is 17.2 Å². The van der Waals surface area contributed by atoms with Crippen molar-refractivity contribution in [2.24, 2.45) is 5.92 Å². The van der Waals surface area contributed by atoms with E-state index in [1.54, 1.807) is 0 Å². The van der Waals surface area contributed by atoms with Gasteiger partial charge in [-0.1, -0.05) is 22.6 Å². The molecule has 1 N–H and O–H groups in total. The lowest BCUT2D eigenvalue weighted by Crippen LogP contribution is -2.50. The van der Waals surface area contributed by atoms with Gasteiger partial charge in [0.15, 0.2) is 0 Å². The minimum Gasteiger partial charge on any atom is -0.396 e. The number of fused-ring (bicyclic) bond motifs is 1. The van der Waals surface area contributed by atoms with Gasteiger partial charge in [0.1, 0.15) is 5.60 Å². The van der Waals surface area contributed by atoms with Gasteiger partial charge < -0.3 is 14.6 Å². The Morgan fingerprint density at radius 3 is 2.90 bits per heavy atom. The Balaban J connectivity index is 1.96. The van der Waals surface area contributed by atoms with Crippen molar-refractivity contribution in [3.63, 3.8) is 0 Å². The first-order chi connectivity index (χ1) is 9.63. The fourth-order valence-electron chi connectivity index (χ4n) is 3.38. The number of ether oxygens (including phenoxy) is 2. The largest absolute Gasteiger partial charge is 0.396 e. The zero-order valence-electron chi connectivity index (χ0n) is 12.1. The lowest BCUT2D eigenvalue weighted by Gasteiger charge is -2.41. The van der Waals surface area contributed by atoms with Gasteiger partial charge in [0.2, 0.25) is 0 Å². The van der Waals surface area contributed by atoms with Crippen molar-refractivity contribution in [3.05, 3.63) is 0 Å². The Labute approximate surface area is 135 Å². The molecule has 2 aliphatic rings. The van der Waals surface area contributed by atoms with Gasteiger partial charge in [0.25, 0.3) is 0 Å². The molecule has 0 bridgehead atoms. The summed E-state index contributed by atoms with van der Waals surface area (Å²) in [5.74, 6) is 0.0512. The Morgan fingerprint density at radius 1 is 1.45 bits per heavy atom. The van der Waals surface area contributed by atoms with Crippen molar-refractivity contribution in [2.45, 2.75) is 69.4 Å². The molecule has 20 heavy (non-hydrogen) atoms. The van der Waals surface area contributed by atoms with E-state index in [9.17, 15) is 0 Å². The zero-order chi connectivity index (χ0) is 14.6. The average molecular weight is 393 g/mol. The van der Waals surface area contributed by atoms with Crippen LogP contribution < -0.4 is 0 Å². The normalized spacial score (nSPS) is 38.2. The summed E-state index contributed by atoms with van der Waals surface area (Å²) in [7, 11) is 0. The molecule has 0 aromatic heterocycles. The lowest BCUT2D eigenvalue weighted by atomic mass is 9.86. The number of rotatable bonds is 6. The summed E-state index contributed by atoms with van der Waals surface area (Å²) in [5, 5.41) is 17.9. The molecule has 2 aliphatic heterocycles. The molecule has 0 aromatic rings. The smallest absolute Gasteiger partial charge is 0.106 e. The third-order valence-corrected chi connectivity index (χ3v) is 5.71. The summed E-state index contributed by atoms with van der Waals surface area (Å²) in [6.45, 7) is 2.19. The highest BCUT2D eigenvalue weighted by atomic mass is 127. The number of halogens is 1. The van der Waals surface area contributed by atoms with Crippen molar-refractivity contribution in [1.29, 1.82) is 5.26 Å². The molecule has 0 radical (unpaired) electrons. The highest BCUT2D eigenvalue weighted by Gasteiger charge is 2.52. The van der Waals surface area contributed by atoms with Crippen LogP contribution in [0.4, 0.5) is 0 Å². The second-order valence-electron chi connectivity index (χ2n) is 6.10. The van der Waals surface area contributed by atoms with Crippen LogP contribution in [0.5, 0.6) is 0 Å². The van der Waals surface area contributed by atoms with Gasteiger partial charge in [0.05, 0.1) is 24.4 Å². The van der Waals surface area contributed by atoms with E-state index in [1.807, 2.05) is 6.92 Å². The predicted octanol–water partition coefficient (Wildman–Crippen LogP) is 2.82. The van der Waals surface area contributed by atoms with Gasteiger partial charge >= 0.3 is 0 Å². The van der Waals surface area contributed by atoms with Gasteiger partial charge in [-0.3, -0.25) is 0 Å². The van der Waals surface area contributed by atoms with Crippen molar-refractivity contribution in [3.8, 4) is 6.07 Å². The molecule has 0 aliphatic carbocycles. The standard InChI is InChI=1S/C15H24INO3/c1-11(9-17)7-12-4-5-14-15(10-16,20-12)8-13(19-14)3-2-6-18/h11-14,18H,2-8,10H2,1H3/t11-,12?,13+,14+,15-/m1/s1. The maximum absolute atomic E-state index is 8.96. The molecule has 1 unspecified atom stereocenters. The fourth-order valence-corrected chi connectivity index (χ4v) is 4.36. The van der Waals surface area contributed by atoms with Crippen LogP contribution in [0.2, 0.25) is 0 Å². The van der Waals surface area contributed by atoms with E-state index in [0.717, 1.165) is 43.0 Å². The van der Waals surface area contributed by atoms with E-state index in [4.69, 9.17) is 19.8 Å². The first kappa shape index (κ1) is 16.5. The fraction of sp³-hybridized carbons (Fsp3) is 0.933. The van der Waals surface area contributed by atoms with E-state index in [2.05, 4.69) is 28.7 Å². The molecule has 114 valence electrons. The first-order valence-electron chi connectivity index (χ1n) is 7.53. The highest BCUT2D eigenvalue weighted by molar-refractivity contribution is 14.1. The summed E-state index contributed by atoms with van der Waals surface area (Å²) in [4.78, 5) is 0. The molecule has 4 nitrogen and oxygen atoms in total. The number of hydrogen-bond donors (Lipinski definition) is 1. The van der Waals surface area contributed by atoms with E-state index in [1.165, 1.54) is 0 Å². The topological polar surface area (TPSA) is 62.5 Å². The van der Waals surface area contributed by atoms with Gasteiger partial charge in [0, 0.05) is 23.4 Å². The summed E-state index contributed by atoms with van der Waals surface area (Å²) in [6, 6.07) is 2.30. The first-order valence-corrected chi connectivity index (χ1v) is 9.06. The molecule has 0 amide bonds. The number of aliphatic hydroxyl groups excluding tert-OH is 1. The minimum absolute atomic E-state index is 0.0512. The lowest BCUT2D eigenvalue weighted by molar-refractivity contribution is -0.155. The van der Waals surface area contributed by atoms with Gasteiger partial charge in [-0.15, -0.1) is 0 Å². The van der Waals surface area contributed by atoms with Crippen molar-refractivity contribution in [2.75, 3.05) is 11.0 Å². The van der Waals surface area contributed by atoms with Gasteiger partial charge in [-0.2, -0.15) is 5.26 Å². The molecule has 2 rings (SSSR count). The number of alkyl halides is 1. The zero-order valence-corrected chi connectivity index (χ0v) is 14.2. The van der Waals surface area contributed by atoms with E-state index in [-0.39, 0.29) is 36.4 Å². The van der Waals surface area contributed by atoms with Crippen LogP contribution in [-0.4, -0.2) is 40.1 Å². The second kappa shape index (κ2) is 7.39. The maximum Gasteiger partial charge on any atom is 0.106 e. The summed E-state index contributed by atoms with van der Waals surface area (Å²) >= 11 is 2.40. The predicted molar refractivity (Wildman–Crippen MR) is 84.7 cm³/mol. The summed E-state index contributed by atoms with van der Waals surface area (Å²) < 4.78 is 13.5. The minimum atomic E-state index is -0.168. The van der Waals surface area contributed by atoms with Gasteiger partial charge in [-0.05, 0) is 39.0 Å². The second-order valence-corrected chi connectivity index (χ2v) is 6.86. The van der Waals surface area contributed by atoms with Crippen LogP contribution in [0.1, 0.15) is 45.4 Å². The Bertz CT molecular complexity index is 360. The summed E-state index contributed by atoms with van der Waals surface area (Å²) in [6.07, 6.45) is 6.07. The van der Waals surface area contributed by atoms with Crippen molar-refractivity contribution < 1.29 is 14.6 Å². The number of nitriles is 1. The molecule has 5 atom stereocenters. The molecule has 0 saturated carbocycles. The van der Waals surface area contributed by atoms with Crippen molar-refractivity contribution >= 4 is 22.6 Å². The molecule has 2 saturated heterocycles. The van der Waals surface area contributed by atoms with Crippen LogP contribution in [0.15, 0.2) is 0 Å². The quantitative estimate of drug-likeness (QED) is 0.557. The molecule has 0 aromatic carbocycles. The Morgan fingerprint density at radius 2 is 2.25 bits per heavy atom. The van der Waals surface area contributed by atoms with Crippen LogP contribution >= 0.6 is 22.6 Å². The van der Waals surface area contributed by atoms with Crippen LogP contribution in [0.25, 0.3) is 0 Å². The monoisotopic (exact) mass is 393 g/mol. The highest BCUT2D eigenvalue weighted by Crippen LogP contribution is 2.44. The third-order valence-electron chi connectivity index (χ3n) is 4.42. The average Bonchev–Trinajstić information content (AvgIpc) is 2.83. The van der Waals surface area contributed by atoms with E-state index in [0.29, 0.717) is 0 Å². The number of hydrogen-bond acceptors (Lipinski definition) is 4. The summed E-state index contributed by atoms with van der Waals surface area (Å²) in [5.41, 5.74) is -0.168. The Kier molecular flexibility index (Phi) is 6.09. The SMILES string of the molecule is C[C@@H](C#N)CC1CC[C@@H]2O[C@@H](CCCO)C[C@]2(CI)O1. The van der Waals surface area contributed by atoms with Crippen LogP contribution in [0.3, 0.4) is 0 Å². The Hall–Kier alpha value is 0.1000. The number of nitrogens with zero attached hydrogens (tertiary/aromatic N) is 1. The van der Waals surface area contributed by atoms with Gasteiger partial charge in [-0.25, -0.2) is 0 Å². The third kappa shape index (κ3) is 3.65. The molecular formula is C15H24INO3. The molecular weight excluding hydrogens is 369 g/mol. The molecule has 0 spiro atoms. The number of aliphatic hydroxyl groups is 1.